The van der Waals surface area contributed by atoms with E-state index >= 15 is 0 Å². The van der Waals surface area contributed by atoms with E-state index in [1.54, 1.807) is 11.4 Å². The molecule has 9 heteroatoms. The molecule has 1 aliphatic carbocycles. The zero-order valence-electron chi connectivity index (χ0n) is 23.2. The summed E-state index contributed by atoms with van der Waals surface area (Å²) in [6.45, 7) is 6.03. The van der Waals surface area contributed by atoms with E-state index in [9.17, 15) is 14.1 Å². The molecule has 2 aromatic carbocycles. The molecule has 1 aliphatic heterocycles. The molecule has 0 aromatic heterocycles. The number of amides is 1. The Hall–Kier alpha value is -2.30. The summed E-state index contributed by atoms with van der Waals surface area (Å²) in [5.41, 5.74) is 1.98. The van der Waals surface area contributed by atoms with Gasteiger partial charge in [0.2, 0.25) is 0 Å². The average molecular weight is 559 g/mol. The highest BCUT2D eigenvalue weighted by atomic mass is 32.2. The zero-order chi connectivity index (χ0) is 27.8. The molecule has 4 rings (SSSR count). The maximum atomic E-state index is 13.6. The van der Waals surface area contributed by atoms with Crippen LogP contribution < -0.4 is 5.32 Å². The molecule has 0 bridgehead atoms. The lowest BCUT2D eigenvalue weighted by Gasteiger charge is -2.30. The van der Waals surface area contributed by atoms with Crippen molar-refractivity contribution in [1.82, 2.24) is 9.62 Å². The molecule has 1 amide bonds. The second kappa shape index (κ2) is 14.4. The van der Waals surface area contributed by atoms with Crippen molar-refractivity contribution in [2.45, 2.75) is 75.4 Å². The maximum Gasteiger partial charge on any atom is 0.407 e. The monoisotopic (exact) mass is 558 g/mol. The summed E-state index contributed by atoms with van der Waals surface area (Å²) in [6.07, 6.45) is 1.45. The predicted molar refractivity (Wildman–Crippen MR) is 150 cm³/mol. The van der Waals surface area contributed by atoms with Crippen LogP contribution in [0.15, 0.2) is 59.5 Å². The van der Waals surface area contributed by atoms with Gasteiger partial charge in [-0.1, -0.05) is 56.3 Å². The van der Waals surface area contributed by atoms with E-state index in [1.807, 2.05) is 54.6 Å². The van der Waals surface area contributed by atoms with Crippen LogP contribution in [0.4, 0.5) is 4.79 Å². The number of rotatable bonds is 13. The highest BCUT2D eigenvalue weighted by Crippen LogP contribution is 2.37. The van der Waals surface area contributed by atoms with Crippen LogP contribution in [0.2, 0.25) is 0 Å². The van der Waals surface area contributed by atoms with E-state index in [0.29, 0.717) is 36.8 Å². The Balaban J connectivity index is 1.44. The second-order valence-corrected chi connectivity index (χ2v) is 12.5. The normalized spacial score (nSPS) is 23.0. The van der Waals surface area contributed by atoms with Gasteiger partial charge in [0.05, 0.1) is 29.8 Å². The van der Waals surface area contributed by atoms with Gasteiger partial charge in [0, 0.05) is 33.2 Å². The van der Waals surface area contributed by atoms with E-state index in [2.05, 4.69) is 19.2 Å². The van der Waals surface area contributed by atoms with Crippen LogP contribution in [0.3, 0.4) is 0 Å². The third-order valence-corrected chi connectivity index (χ3v) is 8.82. The smallest absolute Gasteiger partial charge is 0.407 e. The van der Waals surface area contributed by atoms with Crippen LogP contribution in [0.25, 0.3) is 0 Å². The van der Waals surface area contributed by atoms with Crippen molar-refractivity contribution < 1.29 is 28.3 Å². The topological polar surface area (TPSA) is 97.3 Å². The van der Waals surface area contributed by atoms with Gasteiger partial charge in [0.15, 0.2) is 0 Å². The van der Waals surface area contributed by atoms with Crippen molar-refractivity contribution in [3.63, 3.8) is 0 Å². The van der Waals surface area contributed by atoms with E-state index in [4.69, 9.17) is 14.2 Å². The highest BCUT2D eigenvalue weighted by molar-refractivity contribution is 7.82. The molecule has 2 N–H and O–H groups in total. The van der Waals surface area contributed by atoms with E-state index in [0.717, 1.165) is 30.6 Å². The fraction of sp³-hybridized carbons (Fsp3) is 0.567. The van der Waals surface area contributed by atoms with Gasteiger partial charge in [-0.15, -0.1) is 0 Å². The molecule has 1 unspecified atom stereocenters. The molecule has 1 saturated heterocycles. The van der Waals surface area contributed by atoms with Gasteiger partial charge in [-0.25, -0.2) is 13.3 Å². The third-order valence-electron chi connectivity index (χ3n) is 7.38. The van der Waals surface area contributed by atoms with Gasteiger partial charge >= 0.3 is 6.09 Å². The minimum Gasteiger partial charge on any atom is -0.446 e. The molecule has 2 aliphatic rings. The number of benzene rings is 2. The molecule has 8 nitrogen and oxygen atoms in total. The molecule has 2 fully saturated rings. The van der Waals surface area contributed by atoms with Gasteiger partial charge in [0.1, 0.15) is 17.1 Å². The Bertz CT molecular complexity index is 1050. The van der Waals surface area contributed by atoms with Crippen LogP contribution in [-0.4, -0.2) is 70.9 Å². The summed E-state index contributed by atoms with van der Waals surface area (Å²) in [5, 5.41) is 14.3. The van der Waals surface area contributed by atoms with Crippen LogP contribution in [-0.2, 0) is 38.2 Å². The van der Waals surface area contributed by atoms with E-state index < -0.39 is 29.2 Å². The zero-order valence-corrected chi connectivity index (χ0v) is 24.0. The molecule has 2 aromatic rings. The number of carbonyl (C=O) groups excluding carboxylic acids is 1. The summed E-state index contributed by atoms with van der Waals surface area (Å²) in [6, 6.07) is 16.6. The molecule has 0 spiro atoms. The SMILES string of the molecule is COCc1ccc(S(=O)N(CC(C)C)C[C@@H](O)[C@H](Cc2ccccc2)NC(=O)O[C@@H]2C[C@@H]3CCO[C@@H]3C2)cc1. The fourth-order valence-corrected chi connectivity index (χ4v) is 6.86. The Labute approximate surface area is 234 Å². The first-order chi connectivity index (χ1) is 18.8. The molecule has 1 saturated carbocycles. The van der Waals surface area contributed by atoms with Crippen LogP contribution >= 0.6 is 0 Å². The maximum absolute atomic E-state index is 13.6. The van der Waals surface area contributed by atoms with Crippen molar-refractivity contribution in [2.24, 2.45) is 11.8 Å². The Morgan fingerprint density at radius 3 is 2.51 bits per heavy atom. The summed E-state index contributed by atoms with van der Waals surface area (Å²) in [7, 11) is 0.158. The second-order valence-electron chi connectivity index (χ2n) is 11.0. The Morgan fingerprint density at radius 2 is 1.85 bits per heavy atom. The first-order valence-corrected chi connectivity index (χ1v) is 15.0. The number of nitrogens with zero attached hydrogens (tertiary/aromatic N) is 1. The van der Waals surface area contributed by atoms with Gasteiger partial charge in [0.25, 0.3) is 0 Å². The van der Waals surface area contributed by atoms with Gasteiger partial charge in [-0.3, -0.25) is 0 Å². The first-order valence-electron chi connectivity index (χ1n) is 13.9. The Kier molecular flexibility index (Phi) is 10.9. The summed E-state index contributed by atoms with van der Waals surface area (Å²) in [5.74, 6) is 0.681. The van der Waals surface area contributed by atoms with Crippen LogP contribution in [0.5, 0.6) is 0 Å². The van der Waals surface area contributed by atoms with Crippen LogP contribution in [0, 0.1) is 11.8 Å². The lowest BCUT2D eigenvalue weighted by atomic mass is 10.0. The largest absolute Gasteiger partial charge is 0.446 e. The first kappa shape index (κ1) is 29.7. The fourth-order valence-electron chi connectivity index (χ4n) is 5.47. The van der Waals surface area contributed by atoms with Gasteiger partial charge in [-0.05, 0) is 54.4 Å². The molecular formula is C30H42N2O6S. The van der Waals surface area contributed by atoms with Crippen molar-refractivity contribution in [2.75, 3.05) is 26.8 Å². The third kappa shape index (κ3) is 8.59. The number of hydrogen-bond donors (Lipinski definition) is 2. The molecule has 1 heterocycles. The number of hydrogen-bond acceptors (Lipinski definition) is 6. The quantitative estimate of drug-likeness (QED) is 0.385. The predicted octanol–water partition coefficient (Wildman–Crippen LogP) is 4.08. The van der Waals surface area contributed by atoms with Crippen molar-refractivity contribution in [1.29, 1.82) is 0 Å². The average Bonchev–Trinajstić information content (AvgIpc) is 3.50. The summed E-state index contributed by atoms with van der Waals surface area (Å²) < 4.78 is 32.0. The Morgan fingerprint density at radius 1 is 1.10 bits per heavy atom. The van der Waals surface area contributed by atoms with Crippen molar-refractivity contribution >= 4 is 17.1 Å². The minimum absolute atomic E-state index is 0.129. The standard InChI is InChI=1S/C30H42N2O6S/c1-21(2)18-32(39(35)26-11-9-23(10-12-26)20-36-3)19-28(33)27(15-22-7-5-4-6-8-22)31-30(34)38-25-16-24-13-14-37-29(24)17-25/h4-12,21,24-25,27-29,33H,13-20H2,1-3H3,(H,31,34)/t24-,25+,27-,28+,29+,39?/m0/s1. The number of alkyl carbamates (subject to hydrolysis) is 1. The number of aliphatic hydroxyl groups excluding tert-OH is 1. The van der Waals surface area contributed by atoms with Crippen molar-refractivity contribution in [3.05, 3.63) is 65.7 Å². The molecule has 39 heavy (non-hydrogen) atoms. The highest BCUT2D eigenvalue weighted by Gasteiger charge is 2.40. The number of fused-ring (bicyclic) bond motifs is 1. The number of aliphatic hydroxyl groups is 1. The van der Waals surface area contributed by atoms with Gasteiger partial charge < -0.3 is 24.6 Å². The lowest BCUT2D eigenvalue weighted by molar-refractivity contribution is 0.0556. The molecule has 0 radical (unpaired) electrons. The molecular weight excluding hydrogens is 516 g/mol. The summed E-state index contributed by atoms with van der Waals surface area (Å²) >= 11 is 0. The van der Waals surface area contributed by atoms with Crippen LogP contribution in [0.1, 0.15) is 44.2 Å². The molecule has 6 atom stereocenters. The molecule has 214 valence electrons. The number of nitrogens with one attached hydrogen (secondary N) is 1. The lowest BCUT2D eigenvalue weighted by Crippen LogP contribution is -2.50. The minimum atomic E-state index is -1.48. The van der Waals surface area contributed by atoms with Gasteiger partial charge in [-0.2, -0.15) is 0 Å². The number of methoxy groups -OCH3 is 1. The number of carbonyl (C=O) groups is 1. The number of ether oxygens (including phenoxy) is 3. The van der Waals surface area contributed by atoms with E-state index in [1.165, 1.54) is 0 Å². The van der Waals surface area contributed by atoms with Crippen molar-refractivity contribution in [3.8, 4) is 0 Å². The van der Waals surface area contributed by atoms with E-state index in [-0.39, 0.29) is 24.7 Å². The summed E-state index contributed by atoms with van der Waals surface area (Å²) in [4.78, 5) is 13.6.